The number of ether oxygens (including phenoxy) is 1. The lowest BCUT2D eigenvalue weighted by Gasteiger charge is -2.29. The van der Waals surface area contributed by atoms with E-state index in [4.69, 9.17) is 0 Å². The Morgan fingerprint density at radius 1 is 1.08 bits per heavy atom. The van der Waals surface area contributed by atoms with E-state index in [0.29, 0.717) is 30.9 Å². The van der Waals surface area contributed by atoms with E-state index in [2.05, 4.69) is 10.8 Å². The number of alkyl halides is 2. The second-order valence-electron chi connectivity index (χ2n) is 6.31. The van der Waals surface area contributed by atoms with E-state index >= 15 is 0 Å². The summed E-state index contributed by atoms with van der Waals surface area (Å²) in [5.41, 5.74) is -0.164. The van der Waals surface area contributed by atoms with Crippen molar-refractivity contribution in [1.29, 1.82) is 0 Å². The van der Waals surface area contributed by atoms with Crippen molar-refractivity contribution in [2.24, 2.45) is 11.8 Å². The van der Waals surface area contributed by atoms with Gasteiger partial charge in [-0.15, -0.1) is 0 Å². The van der Waals surface area contributed by atoms with Crippen LogP contribution in [0, 0.1) is 29.3 Å². The molecule has 0 atom stereocenters. The van der Waals surface area contributed by atoms with Gasteiger partial charge in [-0.1, -0.05) is 12.2 Å². The molecule has 1 aliphatic rings. The molecule has 1 aromatic rings. The van der Waals surface area contributed by atoms with Gasteiger partial charge in [-0.05, 0) is 62.1 Å². The average Bonchev–Trinajstić information content (AvgIpc) is 2.52. The molecule has 134 valence electrons. The van der Waals surface area contributed by atoms with Crippen LogP contribution in [0.1, 0.15) is 44.6 Å². The van der Waals surface area contributed by atoms with Crippen LogP contribution in [-0.4, -0.2) is 6.11 Å². The van der Waals surface area contributed by atoms with Gasteiger partial charge in [0, 0.05) is 6.42 Å². The Morgan fingerprint density at radius 3 is 2.21 bits per heavy atom. The first-order valence-corrected chi connectivity index (χ1v) is 8.08. The summed E-state index contributed by atoms with van der Waals surface area (Å²) in [4.78, 5) is 0. The van der Waals surface area contributed by atoms with E-state index in [1.54, 1.807) is 0 Å². The fraction of sp³-hybridized carbons (Fsp3) is 0.556. The molecule has 0 radical (unpaired) electrons. The molecular formula is C18H21F5O. The fourth-order valence-corrected chi connectivity index (χ4v) is 3.13. The highest BCUT2D eigenvalue weighted by atomic mass is 19.3. The smallest absolute Gasteiger partial charge is 0.316 e. The van der Waals surface area contributed by atoms with Gasteiger partial charge in [0.1, 0.15) is 0 Å². The van der Waals surface area contributed by atoms with Crippen molar-refractivity contribution in [3.8, 4) is 0 Å². The van der Waals surface area contributed by atoms with Crippen molar-refractivity contribution in [3.05, 3.63) is 47.3 Å². The van der Waals surface area contributed by atoms with E-state index in [0.717, 1.165) is 12.8 Å². The van der Waals surface area contributed by atoms with Gasteiger partial charge in [-0.3, -0.25) is 0 Å². The maximum absolute atomic E-state index is 13.9. The summed E-state index contributed by atoms with van der Waals surface area (Å²) >= 11 is 0. The number of allylic oxidation sites excluding steroid dienone is 2. The zero-order valence-electron chi connectivity index (χ0n) is 13.5. The maximum atomic E-state index is 13.9. The Labute approximate surface area is 138 Å². The molecule has 1 fully saturated rings. The molecule has 0 N–H and O–H groups in total. The lowest BCUT2D eigenvalue weighted by molar-refractivity contribution is -0.256. The third kappa shape index (κ3) is 5.30. The summed E-state index contributed by atoms with van der Waals surface area (Å²) < 4.78 is 71.4. The number of benzene rings is 1. The van der Waals surface area contributed by atoms with Crippen LogP contribution in [0.5, 0.6) is 0 Å². The van der Waals surface area contributed by atoms with E-state index in [-0.39, 0.29) is 11.5 Å². The van der Waals surface area contributed by atoms with E-state index < -0.39 is 36.6 Å². The van der Waals surface area contributed by atoms with Gasteiger partial charge in [0.05, 0.1) is 6.61 Å². The van der Waals surface area contributed by atoms with Crippen LogP contribution in [0.15, 0.2) is 24.3 Å². The third-order valence-electron chi connectivity index (χ3n) is 4.38. The molecular weight excluding hydrogens is 327 g/mol. The SMILES string of the molecule is C/C=C/C1CCC(CC(F)(F)OCc2cc(F)c(F)c(F)c2)CC1. The van der Waals surface area contributed by atoms with Gasteiger partial charge in [0.25, 0.3) is 0 Å². The highest BCUT2D eigenvalue weighted by molar-refractivity contribution is 5.18. The molecule has 2 rings (SSSR count). The minimum absolute atomic E-state index is 0.136. The number of hydrogen-bond acceptors (Lipinski definition) is 1. The zero-order chi connectivity index (χ0) is 17.7. The first-order valence-electron chi connectivity index (χ1n) is 8.08. The minimum atomic E-state index is -3.38. The Balaban J connectivity index is 1.85. The van der Waals surface area contributed by atoms with Gasteiger partial charge in [-0.25, -0.2) is 13.2 Å². The maximum Gasteiger partial charge on any atom is 0.356 e. The van der Waals surface area contributed by atoms with Crippen molar-refractivity contribution in [3.63, 3.8) is 0 Å². The van der Waals surface area contributed by atoms with E-state index in [1.165, 1.54) is 0 Å². The first-order chi connectivity index (χ1) is 11.3. The molecule has 0 bridgehead atoms. The van der Waals surface area contributed by atoms with Crippen LogP contribution in [-0.2, 0) is 11.3 Å². The molecule has 0 heterocycles. The topological polar surface area (TPSA) is 9.23 Å². The van der Waals surface area contributed by atoms with E-state index in [9.17, 15) is 22.0 Å². The molecule has 1 aromatic carbocycles. The second kappa shape index (κ2) is 8.10. The largest absolute Gasteiger partial charge is 0.356 e. The number of rotatable bonds is 6. The summed E-state index contributed by atoms with van der Waals surface area (Å²) in [5.74, 6) is -4.14. The highest BCUT2D eigenvalue weighted by Crippen LogP contribution is 2.37. The standard InChI is InChI=1S/C18H21F5O/c1-2-3-12-4-6-13(7-5-12)10-18(22,23)24-11-14-8-15(19)17(21)16(20)9-14/h2-3,8-9,12-13H,4-7,10-11H2,1H3/b3-2+. The average molecular weight is 348 g/mol. The van der Waals surface area contributed by atoms with Gasteiger partial charge in [-0.2, -0.15) is 8.78 Å². The first kappa shape index (κ1) is 18.9. The lowest BCUT2D eigenvalue weighted by Crippen LogP contribution is -2.27. The predicted molar refractivity (Wildman–Crippen MR) is 80.9 cm³/mol. The molecule has 0 aliphatic heterocycles. The normalized spacial score (nSPS) is 22.2. The quantitative estimate of drug-likeness (QED) is 0.349. The van der Waals surface area contributed by atoms with Crippen LogP contribution in [0.2, 0.25) is 0 Å². The van der Waals surface area contributed by atoms with Crippen LogP contribution >= 0.6 is 0 Å². The molecule has 0 aromatic heterocycles. The predicted octanol–water partition coefficient (Wildman–Crippen LogP) is 5.99. The van der Waals surface area contributed by atoms with Crippen LogP contribution in [0.3, 0.4) is 0 Å². The van der Waals surface area contributed by atoms with Crippen molar-refractivity contribution in [2.75, 3.05) is 0 Å². The molecule has 1 nitrogen and oxygen atoms in total. The van der Waals surface area contributed by atoms with Gasteiger partial charge >= 0.3 is 6.11 Å². The van der Waals surface area contributed by atoms with Crippen LogP contribution in [0.4, 0.5) is 22.0 Å². The lowest BCUT2D eigenvalue weighted by atomic mass is 9.80. The number of halogens is 5. The molecule has 24 heavy (non-hydrogen) atoms. The minimum Gasteiger partial charge on any atom is -0.316 e. The fourth-order valence-electron chi connectivity index (χ4n) is 3.13. The highest BCUT2D eigenvalue weighted by Gasteiger charge is 2.35. The molecule has 0 unspecified atom stereocenters. The molecule has 6 heteroatoms. The van der Waals surface area contributed by atoms with Crippen molar-refractivity contribution in [2.45, 2.75) is 51.7 Å². The third-order valence-corrected chi connectivity index (χ3v) is 4.38. The summed E-state index contributed by atoms with van der Waals surface area (Å²) in [6.07, 6.45) is 3.44. The van der Waals surface area contributed by atoms with Gasteiger partial charge in [0.2, 0.25) is 0 Å². The van der Waals surface area contributed by atoms with Gasteiger partial charge < -0.3 is 4.74 Å². The van der Waals surface area contributed by atoms with Crippen molar-refractivity contribution in [1.82, 2.24) is 0 Å². The van der Waals surface area contributed by atoms with Crippen molar-refractivity contribution >= 4 is 0 Å². The monoisotopic (exact) mass is 348 g/mol. The molecule has 0 amide bonds. The summed E-state index contributed by atoms with van der Waals surface area (Å²) in [7, 11) is 0. The zero-order valence-corrected chi connectivity index (χ0v) is 13.5. The Hall–Kier alpha value is -1.43. The van der Waals surface area contributed by atoms with Crippen molar-refractivity contribution < 1.29 is 26.7 Å². The molecule has 1 aliphatic carbocycles. The Bertz CT molecular complexity index is 554. The summed E-state index contributed by atoms with van der Waals surface area (Å²) in [6.45, 7) is 1.27. The van der Waals surface area contributed by atoms with Crippen LogP contribution < -0.4 is 0 Å². The molecule has 1 saturated carbocycles. The van der Waals surface area contributed by atoms with Gasteiger partial charge in [0.15, 0.2) is 17.5 Å². The number of hydrogen-bond donors (Lipinski definition) is 0. The second-order valence-corrected chi connectivity index (χ2v) is 6.31. The molecule has 0 spiro atoms. The summed E-state index contributed by atoms with van der Waals surface area (Å²) in [6, 6.07) is 1.33. The Kier molecular flexibility index (Phi) is 6.38. The van der Waals surface area contributed by atoms with Crippen LogP contribution in [0.25, 0.3) is 0 Å². The van der Waals surface area contributed by atoms with E-state index in [1.807, 2.05) is 13.0 Å². The summed E-state index contributed by atoms with van der Waals surface area (Å²) in [5, 5.41) is 0. The Morgan fingerprint density at radius 2 is 1.67 bits per heavy atom. The molecule has 0 saturated heterocycles.